The van der Waals surface area contributed by atoms with Gasteiger partial charge in [-0.25, -0.2) is 28.2 Å². The van der Waals surface area contributed by atoms with Crippen molar-refractivity contribution in [2.24, 2.45) is 5.73 Å². The molecule has 0 bridgehead atoms. The maximum Gasteiger partial charge on any atom is 0.340 e. The number of nitrogens with zero attached hydrogens (tertiary/aromatic N) is 3. The van der Waals surface area contributed by atoms with Gasteiger partial charge in [0.1, 0.15) is 27.1 Å². The van der Waals surface area contributed by atoms with Gasteiger partial charge < -0.3 is 20.5 Å². The van der Waals surface area contributed by atoms with E-state index in [2.05, 4.69) is 15.3 Å². The second-order valence-corrected chi connectivity index (χ2v) is 14.1. The molecule has 0 radical (unpaired) electrons. The van der Waals surface area contributed by atoms with Gasteiger partial charge in [0.15, 0.2) is 0 Å². The normalized spacial score (nSPS) is 18.4. The zero-order chi connectivity index (χ0) is 28.4. The lowest BCUT2D eigenvalue weighted by Gasteiger charge is -2.39. The molecule has 11 heteroatoms. The van der Waals surface area contributed by atoms with Crippen molar-refractivity contribution >= 4 is 38.2 Å². The molecule has 4 heterocycles. The number of rotatable bonds is 8. The van der Waals surface area contributed by atoms with Crippen LogP contribution in [0.5, 0.6) is 5.88 Å². The van der Waals surface area contributed by atoms with Crippen LogP contribution in [0.15, 0.2) is 30.6 Å². The highest BCUT2D eigenvalue weighted by Crippen LogP contribution is 2.59. The van der Waals surface area contributed by atoms with Crippen molar-refractivity contribution in [1.82, 2.24) is 15.0 Å². The molecule has 1 saturated carbocycles. The number of nitrogens with two attached hydrogens (primary N) is 1. The highest BCUT2D eigenvalue weighted by atomic mass is 32.2. The van der Waals surface area contributed by atoms with Crippen LogP contribution in [0.3, 0.4) is 0 Å². The molecule has 39 heavy (non-hydrogen) atoms. The van der Waals surface area contributed by atoms with Gasteiger partial charge in [-0.2, -0.15) is 0 Å². The van der Waals surface area contributed by atoms with Crippen LogP contribution in [0, 0.1) is 0 Å². The Labute approximate surface area is 228 Å². The third-order valence-corrected chi connectivity index (χ3v) is 8.69. The van der Waals surface area contributed by atoms with Gasteiger partial charge in [-0.05, 0) is 83.0 Å². The molecule has 3 aromatic rings. The van der Waals surface area contributed by atoms with E-state index in [1.54, 1.807) is 24.5 Å². The fourth-order valence-corrected chi connectivity index (χ4v) is 6.00. The van der Waals surface area contributed by atoms with Crippen molar-refractivity contribution in [3.8, 4) is 5.88 Å². The Morgan fingerprint density at radius 2 is 1.87 bits per heavy atom. The summed E-state index contributed by atoms with van der Waals surface area (Å²) in [6, 6.07) is 5.38. The number of nitrogens with one attached hydrogen (secondary N) is 1. The summed E-state index contributed by atoms with van der Waals surface area (Å²) < 4.78 is 34.9. The molecule has 0 unspecified atom stereocenters. The summed E-state index contributed by atoms with van der Waals surface area (Å²) >= 11 is 0. The van der Waals surface area contributed by atoms with Crippen molar-refractivity contribution in [3.05, 3.63) is 47.4 Å². The van der Waals surface area contributed by atoms with Gasteiger partial charge in [-0.1, -0.05) is 0 Å². The van der Waals surface area contributed by atoms with Crippen LogP contribution in [-0.4, -0.2) is 53.1 Å². The fraction of sp³-hybridized carbons (Fsp3) is 0.500. The number of sulfone groups is 1. The van der Waals surface area contributed by atoms with Crippen LogP contribution in [0.25, 0.3) is 10.8 Å². The predicted octanol–water partition coefficient (Wildman–Crippen LogP) is 4.14. The average Bonchev–Trinajstić information content (AvgIpc) is 3.63. The summed E-state index contributed by atoms with van der Waals surface area (Å²) in [5.41, 5.74) is 6.97. The van der Waals surface area contributed by atoms with Crippen LogP contribution in [-0.2, 0) is 25.5 Å². The average molecular weight is 554 g/mol. The Morgan fingerprint density at radius 3 is 2.51 bits per heavy atom. The topological polar surface area (TPSA) is 146 Å². The van der Waals surface area contributed by atoms with Gasteiger partial charge in [0, 0.05) is 24.2 Å². The van der Waals surface area contributed by atoms with Crippen molar-refractivity contribution in [1.29, 1.82) is 0 Å². The molecule has 2 aliphatic rings. The lowest BCUT2D eigenvalue weighted by molar-refractivity contribution is -0.0285. The molecule has 1 spiro atoms. The molecule has 3 aromatic heterocycles. The lowest BCUT2D eigenvalue weighted by Crippen LogP contribution is -2.46. The first kappa shape index (κ1) is 27.3. The smallest absolute Gasteiger partial charge is 0.340 e. The van der Waals surface area contributed by atoms with Gasteiger partial charge in [0.05, 0.1) is 33.9 Å². The molecule has 5 rings (SSSR count). The summed E-state index contributed by atoms with van der Waals surface area (Å²) in [5, 5.41) is 4.76. The van der Waals surface area contributed by atoms with Gasteiger partial charge >= 0.3 is 5.97 Å². The maximum absolute atomic E-state index is 12.6. The number of fused-ring (bicyclic) bond motifs is 3. The minimum atomic E-state index is -3.10. The molecule has 1 aliphatic heterocycles. The monoisotopic (exact) mass is 553 g/mol. The van der Waals surface area contributed by atoms with Crippen molar-refractivity contribution in [2.45, 2.75) is 76.5 Å². The summed E-state index contributed by atoms with van der Waals surface area (Å²) in [6.45, 7) is 9.49. The van der Waals surface area contributed by atoms with E-state index >= 15 is 0 Å². The summed E-state index contributed by atoms with van der Waals surface area (Å²) in [5.74, 6) is 1.16. The van der Waals surface area contributed by atoms with E-state index in [-0.39, 0.29) is 23.2 Å². The minimum absolute atomic E-state index is 0.0241. The van der Waals surface area contributed by atoms with E-state index in [0.29, 0.717) is 34.9 Å². The Kier molecular flexibility index (Phi) is 6.38. The summed E-state index contributed by atoms with van der Waals surface area (Å²) in [7, 11) is -3.10. The number of carbonyl (C=O) groups is 1. The number of ether oxygens (including phenoxy) is 2. The minimum Gasteiger partial charge on any atom is -0.474 e. The van der Waals surface area contributed by atoms with Gasteiger partial charge in [0.2, 0.25) is 5.88 Å². The van der Waals surface area contributed by atoms with E-state index < -0.39 is 21.0 Å². The van der Waals surface area contributed by atoms with Crippen LogP contribution in [0.2, 0.25) is 0 Å². The molecule has 0 amide bonds. The highest BCUT2D eigenvalue weighted by Gasteiger charge is 2.63. The number of hydrogen-bond donors (Lipinski definition) is 2. The maximum atomic E-state index is 12.6. The second kappa shape index (κ2) is 9.12. The Balaban J connectivity index is 1.49. The molecule has 10 nitrogen and oxygen atoms in total. The number of anilines is 2. The molecular formula is C28H35N5O5S. The zero-order valence-corrected chi connectivity index (χ0v) is 24.0. The quantitative estimate of drug-likeness (QED) is 0.390. The first-order valence-corrected chi connectivity index (χ1v) is 15.1. The van der Waals surface area contributed by atoms with Gasteiger partial charge in [-0.15, -0.1) is 0 Å². The largest absolute Gasteiger partial charge is 0.474 e. The van der Waals surface area contributed by atoms with Crippen molar-refractivity contribution < 1.29 is 22.7 Å². The van der Waals surface area contributed by atoms with E-state index in [1.165, 1.54) is 6.26 Å². The first-order valence-electron chi connectivity index (χ1n) is 13.0. The Hall–Kier alpha value is -3.31. The molecule has 1 fully saturated rings. The lowest BCUT2D eigenvalue weighted by atomic mass is 9.80. The van der Waals surface area contributed by atoms with E-state index in [4.69, 9.17) is 20.2 Å². The van der Waals surface area contributed by atoms with Gasteiger partial charge in [0.25, 0.3) is 0 Å². The Morgan fingerprint density at radius 1 is 1.15 bits per heavy atom. The van der Waals surface area contributed by atoms with E-state index in [9.17, 15) is 13.2 Å². The van der Waals surface area contributed by atoms with Crippen molar-refractivity contribution in [2.75, 3.05) is 17.3 Å². The summed E-state index contributed by atoms with van der Waals surface area (Å²) in [4.78, 5) is 26.5. The molecule has 3 N–H and O–H groups in total. The number of carbonyl (C=O) groups excluding carboxylic acids is 1. The third kappa shape index (κ3) is 5.17. The summed E-state index contributed by atoms with van der Waals surface area (Å²) in [6.07, 6.45) is 6.37. The number of aromatic nitrogens is 3. The first-order chi connectivity index (χ1) is 18.1. The zero-order valence-electron chi connectivity index (χ0n) is 23.2. The third-order valence-electron chi connectivity index (χ3n) is 7.71. The van der Waals surface area contributed by atoms with Crippen LogP contribution in [0.1, 0.15) is 75.5 Å². The highest BCUT2D eigenvalue weighted by molar-refractivity contribution is 7.90. The second-order valence-electron chi connectivity index (χ2n) is 11.9. The van der Waals surface area contributed by atoms with Crippen molar-refractivity contribution in [3.63, 3.8) is 0 Å². The number of cyclic esters (lactones) is 1. The molecular weight excluding hydrogens is 518 g/mol. The van der Waals surface area contributed by atoms with Crippen LogP contribution >= 0.6 is 0 Å². The molecule has 1 aliphatic carbocycles. The predicted molar refractivity (Wildman–Crippen MR) is 149 cm³/mol. The van der Waals surface area contributed by atoms with Crippen LogP contribution in [0.4, 0.5) is 11.6 Å². The van der Waals surface area contributed by atoms with Gasteiger partial charge in [-0.3, -0.25) is 0 Å². The molecule has 0 aromatic carbocycles. The molecule has 0 saturated heterocycles. The Bertz CT molecular complexity index is 1580. The SMILES string of the molecule is C[C@H](CCS(C)(=O)=O)Oc1ncc(C(C)(C)N)c2cc(Nc3ccc4c(n3)C3(CC3)C(C)(C)OC4=O)ncc12. The van der Waals surface area contributed by atoms with E-state index in [0.717, 1.165) is 29.5 Å². The fourth-order valence-electron chi connectivity index (χ4n) is 5.24. The number of esters is 1. The number of pyridine rings is 3. The molecule has 1 atom stereocenters. The standard InChI is InChI=1S/C28H35N5O5S/c1-16(9-12-39(6,35)36)37-24-19-14-30-22(13-18(19)20(15-31-24)26(2,3)29)32-21-8-7-17-23(33-21)28(10-11-28)27(4,5)38-25(17)34/h7-8,13-16H,9-12,29H2,1-6H3,(H,30,32,33)/t16-/m1/s1. The molecule has 208 valence electrons. The number of hydrogen-bond acceptors (Lipinski definition) is 10. The van der Waals surface area contributed by atoms with Crippen LogP contribution < -0.4 is 15.8 Å². The van der Waals surface area contributed by atoms with E-state index in [1.807, 2.05) is 40.7 Å².